The maximum Gasteiger partial charge on any atom is 0.243 e. The average Bonchev–Trinajstić information content (AvgIpc) is 3.00. The summed E-state index contributed by atoms with van der Waals surface area (Å²) in [6, 6.07) is 8.09. The molecule has 4 amide bonds. The van der Waals surface area contributed by atoms with Crippen molar-refractivity contribution in [1.29, 1.82) is 0 Å². The number of carbonyl (C=O) groups is 4. The predicted molar refractivity (Wildman–Crippen MR) is 104 cm³/mol. The molecule has 1 heterocycles. The number of nitrogens with zero attached hydrogens (tertiary/aromatic N) is 1. The molecular weight excluding hydrogens is 360 g/mol. The Labute approximate surface area is 165 Å². The average molecular weight is 388 g/mol. The van der Waals surface area contributed by atoms with Crippen LogP contribution in [0.3, 0.4) is 0 Å². The summed E-state index contributed by atoms with van der Waals surface area (Å²) < 4.78 is 0. The Balaban J connectivity index is 1.96. The highest BCUT2D eigenvalue weighted by Gasteiger charge is 2.31. The van der Waals surface area contributed by atoms with E-state index in [1.807, 2.05) is 37.3 Å². The predicted octanol–water partition coefficient (Wildman–Crippen LogP) is -0.0245. The van der Waals surface area contributed by atoms with Gasteiger partial charge in [0.05, 0.1) is 6.54 Å². The largest absolute Gasteiger partial charge is 0.352 e. The van der Waals surface area contributed by atoms with E-state index in [9.17, 15) is 19.2 Å². The van der Waals surface area contributed by atoms with Crippen LogP contribution in [0, 0.1) is 0 Å². The van der Waals surface area contributed by atoms with Crippen LogP contribution < -0.4 is 16.0 Å². The van der Waals surface area contributed by atoms with Crippen LogP contribution in [0.4, 0.5) is 0 Å². The van der Waals surface area contributed by atoms with Gasteiger partial charge in [0.25, 0.3) is 0 Å². The first-order valence-corrected chi connectivity index (χ1v) is 9.48. The van der Waals surface area contributed by atoms with E-state index in [0.29, 0.717) is 12.8 Å². The summed E-state index contributed by atoms with van der Waals surface area (Å²) in [4.78, 5) is 50.0. The molecular formula is C20H28N4O4. The number of amides is 4. The van der Waals surface area contributed by atoms with Crippen molar-refractivity contribution in [2.45, 2.75) is 51.2 Å². The van der Waals surface area contributed by atoms with Gasteiger partial charge in [-0.2, -0.15) is 0 Å². The third kappa shape index (κ3) is 5.80. The molecule has 1 aromatic carbocycles. The lowest BCUT2D eigenvalue weighted by atomic mass is 10.0. The van der Waals surface area contributed by atoms with Gasteiger partial charge in [0.1, 0.15) is 12.1 Å². The normalized spacial score (nSPS) is 19.5. The molecule has 0 spiro atoms. The second kappa shape index (κ2) is 9.87. The van der Waals surface area contributed by atoms with Gasteiger partial charge < -0.3 is 20.9 Å². The summed E-state index contributed by atoms with van der Waals surface area (Å²) in [5, 5.41) is 7.94. The molecule has 8 heteroatoms. The number of rotatable bonds is 8. The van der Waals surface area contributed by atoms with Crippen molar-refractivity contribution in [2.75, 3.05) is 13.6 Å². The van der Waals surface area contributed by atoms with Gasteiger partial charge in [-0.3, -0.25) is 19.2 Å². The second-order valence-corrected chi connectivity index (χ2v) is 7.05. The molecule has 1 aliphatic rings. The van der Waals surface area contributed by atoms with E-state index in [1.165, 1.54) is 4.90 Å². The number of benzene rings is 1. The topological polar surface area (TPSA) is 108 Å². The van der Waals surface area contributed by atoms with Gasteiger partial charge >= 0.3 is 0 Å². The molecule has 3 N–H and O–H groups in total. The summed E-state index contributed by atoms with van der Waals surface area (Å²) in [5.41, 5.74) is 0.916. The molecule has 1 fully saturated rings. The Morgan fingerprint density at radius 2 is 1.93 bits per heavy atom. The van der Waals surface area contributed by atoms with Crippen molar-refractivity contribution in [3.63, 3.8) is 0 Å². The molecule has 1 aromatic rings. The van der Waals surface area contributed by atoms with Crippen LogP contribution >= 0.6 is 0 Å². The first-order valence-electron chi connectivity index (χ1n) is 9.48. The highest BCUT2D eigenvalue weighted by molar-refractivity contribution is 5.93. The number of nitrogens with one attached hydrogen (secondary N) is 3. The zero-order valence-electron chi connectivity index (χ0n) is 16.5. The summed E-state index contributed by atoms with van der Waals surface area (Å²) in [5.74, 6) is -1.22. The molecule has 1 unspecified atom stereocenters. The molecule has 0 aliphatic carbocycles. The Morgan fingerprint density at radius 1 is 1.25 bits per heavy atom. The van der Waals surface area contributed by atoms with Gasteiger partial charge in [0.2, 0.25) is 23.6 Å². The number of likely N-dealkylation sites (N-methyl/N-ethyl adjacent to an activating group) is 1. The standard InChI is InChI=1S/C20H28N4O4/c1-4-18(26)24(3)16(11-14-8-6-5-7-9-14)20(28)21-12-17(25)23-15-10-13(2)22-19(15)27/h5-9,13,15-16H,4,10-12H2,1-3H3,(H,21,28)(H,22,27)(H,23,25)/t13?,15-,16-/m0/s1. The Kier molecular flexibility index (Phi) is 7.54. The maximum atomic E-state index is 12.7. The van der Waals surface area contributed by atoms with Gasteiger partial charge in [0.15, 0.2) is 0 Å². The molecule has 0 saturated carbocycles. The third-order valence-electron chi connectivity index (χ3n) is 4.79. The summed E-state index contributed by atoms with van der Waals surface area (Å²) >= 11 is 0. The van der Waals surface area contributed by atoms with Gasteiger partial charge in [-0.25, -0.2) is 0 Å². The van der Waals surface area contributed by atoms with Crippen LogP contribution in [0.2, 0.25) is 0 Å². The van der Waals surface area contributed by atoms with E-state index in [1.54, 1.807) is 14.0 Å². The fourth-order valence-corrected chi connectivity index (χ4v) is 3.18. The fraction of sp³-hybridized carbons (Fsp3) is 0.500. The van der Waals surface area contributed by atoms with Crippen LogP contribution in [0.25, 0.3) is 0 Å². The maximum absolute atomic E-state index is 12.7. The minimum Gasteiger partial charge on any atom is -0.352 e. The molecule has 2 rings (SSSR count). The van der Waals surface area contributed by atoms with Crippen molar-refractivity contribution >= 4 is 23.6 Å². The first-order chi connectivity index (χ1) is 13.3. The zero-order chi connectivity index (χ0) is 20.7. The molecule has 152 valence electrons. The molecule has 0 aromatic heterocycles. The van der Waals surface area contributed by atoms with Crippen LogP contribution in [-0.2, 0) is 25.6 Å². The lowest BCUT2D eigenvalue weighted by molar-refractivity contribution is -0.139. The summed E-state index contributed by atoms with van der Waals surface area (Å²) in [6.45, 7) is 3.34. The molecule has 0 radical (unpaired) electrons. The monoisotopic (exact) mass is 388 g/mol. The van der Waals surface area contributed by atoms with Crippen molar-refractivity contribution in [3.8, 4) is 0 Å². The van der Waals surface area contributed by atoms with E-state index in [-0.39, 0.29) is 30.8 Å². The number of carbonyl (C=O) groups excluding carboxylic acids is 4. The zero-order valence-corrected chi connectivity index (χ0v) is 16.5. The van der Waals surface area contributed by atoms with E-state index < -0.39 is 23.9 Å². The minimum absolute atomic E-state index is 0.0105. The Hall–Kier alpha value is -2.90. The molecule has 28 heavy (non-hydrogen) atoms. The van der Waals surface area contributed by atoms with Gasteiger partial charge in [-0.15, -0.1) is 0 Å². The van der Waals surface area contributed by atoms with Crippen molar-refractivity contribution in [2.24, 2.45) is 0 Å². The van der Waals surface area contributed by atoms with Crippen LogP contribution in [-0.4, -0.2) is 60.2 Å². The highest BCUT2D eigenvalue weighted by atomic mass is 16.2. The summed E-state index contributed by atoms with van der Waals surface area (Å²) in [7, 11) is 1.59. The first kappa shape index (κ1) is 21.4. The van der Waals surface area contributed by atoms with E-state index >= 15 is 0 Å². The molecule has 8 nitrogen and oxygen atoms in total. The Bertz CT molecular complexity index is 722. The lowest BCUT2D eigenvalue weighted by Gasteiger charge is -2.27. The summed E-state index contributed by atoms with van der Waals surface area (Å²) in [6.07, 6.45) is 1.15. The minimum atomic E-state index is -0.725. The van der Waals surface area contributed by atoms with Crippen molar-refractivity contribution in [1.82, 2.24) is 20.9 Å². The SMILES string of the molecule is CCC(=O)N(C)[C@@H](Cc1ccccc1)C(=O)NCC(=O)N[C@H]1CC(C)NC1=O. The van der Waals surface area contributed by atoms with Gasteiger partial charge in [-0.05, 0) is 18.9 Å². The molecule has 3 atom stereocenters. The number of hydrogen-bond donors (Lipinski definition) is 3. The van der Waals surface area contributed by atoms with Crippen molar-refractivity contribution < 1.29 is 19.2 Å². The fourth-order valence-electron chi connectivity index (χ4n) is 3.18. The van der Waals surface area contributed by atoms with Crippen molar-refractivity contribution in [3.05, 3.63) is 35.9 Å². The van der Waals surface area contributed by atoms with Crippen LogP contribution in [0.15, 0.2) is 30.3 Å². The van der Waals surface area contributed by atoms with Crippen LogP contribution in [0.5, 0.6) is 0 Å². The quantitative estimate of drug-likeness (QED) is 0.581. The second-order valence-electron chi connectivity index (χ2n) is 7.05. The highest BCUT2D eigenvalue weighted by Crippen LogP contribution is 2.10. The smallest absolute Gasteiger partial charge is 0.243 e. The third-order valence-corrected chi connectivity index (χ3v) is 4.79. The number of hydrogen-bond acceptors (Lipinski definition) is 4. The van der Waals surface area contributed by atoms with Crippen LogP contribution in [0.1, 0.15) is 32.3 Å². The van der Waals surface area contributed by atoms with Gasteiger partial charge in [0, 0.05) is 25.9 Å². The Morgan fingerprint density at radius 3 is 2.50 bits per heavy atom. The van der Waals surface area contributed by atoms with E-state index in [0.717, 1.165) is 5.56 Å². The lowest BCUT2D eigenvalue weighted by Crippen LogP contribution is -2.51. The molecule has 1 aliphatic heterocycles. The molecule has 0 bridgehead atoms. The van der Waals surface area contributed by atoms with Gasteiger partial charge in [-0.1, -0.05) is 37.3 Å². The molecule has 1 saturated heterocycles. The van der Waals surface area contributed by atoms with E-state index in [4.69, 9.17) is 0 Å². The van der Waals surface area contributed by atoms with E-state index in [2.05, 4.69) is 16.0 Å².